The molecule has 5 rings (SSSR count). The molecule has 0 aliphatic heterocycles. The lowest BCUT2D eigenvalue weighted by Crippen LogP contribution is -2.43. The van der Waals surface area contributed by atoms with Crippen LogP contribution in [0.2, 0.25) is 0 Å². The molecule has 1 aliphatic carbocycles. The Hall–Kier alpha value is -4.33. The molecule has 1 amide bonds. The van der Waals surface area contributed by atoms with Gasteiger partial charge in [0.1, 0.15) is 23.9 Å². The van der Waals surface area contributed by atoms with E-state index in [9.17, 15) is 14.7 Å². The molecule has 0 radical (unpaired) electrons. The minimum absolute atomic E-state index is 0.0921. The molecule has 8 nitrogen and oxygen atoms in total. The van der Waals surface area contributed by atoms with E-state index in [2.05, 4.69) is 10.3 Å². The average molecular weight is 458 g/mol. The summed E-state index contributed by atoms with van der Waals surface area (Å²) in [5.74, 6) is -0.543. The molecule has 1 aliphatic rings. The molecule has 8 heteroatoms. The zero-order valence-electron chi connectivity index (χ0n) is 18.4. The van der Waals surface area contributed by atoms with Crippen molar-refractivity contribution in [3.8, 4) is 16.9 Å². The van der Waals surface area contributed by atoms with Gasteiger partial charge in [0.25, 0.3) is 0 Å². The number of hydrogen-bond donors (Lipinski definition) is 2. The number of alkyl carbamates (subject to hydrolysis) is 1. The van der Waals surface area contributed by atoms with Crippen LogP contribution in [0.15, 0.2) is 71.1 Å². The number of aromatic nitrogens is 1. The number of ether oxygens (including phenoxy) is 2. The number of aliphatic carboxylic acids is 1. The molecule has 3 aromatic carbocycles. The number of hydrogen-bond acceptors (Lipinski definition) is 6. The summed E-state index contributed by atoms with van der Waals surface area (Å²) in [5, 5.41) is 12.0. The highest BCUT2D eigenvalue weighted by molar-refractivity contribution is 5.81. The molecule has 1 heterocycles. The number of nitrogens with one attached hydrogen (secondary N) is 1. The Morgan fingerprint density at radius 3 is 2.38 bits per heavy atom. The molecule has 0 unspecified atom stereocenters. The van der Waals surface area contributed by atoms with Crippen LogP contribution in [0.5, 0.6) is 5.75 Å². The summed E-state index contributed by atoms with van der Waals surface area (Å²) in [6, 6.07) is 19.8. The van der Waals surface area contributed by atoms with Crippen LogP contribution in [0.25, 0.3) is 22.2 Å². The topological polar surface area (TPSA) is 111 Å². The van der Waals surface area contributed by atoms with Gasteiger partial charge in [0, 0.05) is 12.0 Å². The monoisotopic (exact) mass is 458 g/mol. The third-order valence-electron chi connectivity index (χ3n) is 5.95. The first kappa shape index (κ1) is 21.5. The van der Waals surface area contributed by atoms with Crippen molar-refractivity contribution in [3.63, 3.8) is 0 Å². The van der Waals surface area contributed by atoms with Gasteiger partial charge in [-0.15, -0.1) is 0 Å². The van der Waals surface area contributed by atoms with Crippen molar-refractivity contribution in [2.24, 2.45) is 0 Å². The molecule has 4 aromatic rings. The standard InChI is InChI=1S/C26H22N2O6/c1-32-15-10-11-21-23(12-15)34-24(27-21)13-22(25(29)30)28-26(31)33-14-20-18-8-4-2-6-16(18)17-7-3-5-9-19(17)20/h2-12,20,22H,13-14H2,1H3,(H,28,31)(H,29,30)/t22-/m0/s1. The Labute approximate surface area is 195 Å². The third kappa shape index (κ3) is 4.05. The number of oxazole rings is 1. The maximum atomic E-state index is 12.5. The van der Waals surface area contributed by atoms with Crippen molar-refractivity contribution < 1.29 is 28.6 Å². The van der Waals surface area contributed by atoms with Gasteiger partial charge in [0.05, 0.1) is 13.5 Å². The van der Waals surface area contributed by atoms with Crippen molar-refractivity contribution in [1.82, 2.24) is 10.3 Å². The molecule has 1 atom stereocenters. The lowest BCUT2D eigenvalue weighted by molar-refractivity contribution is -0.139. The van der Waals surface area contributed by atoms with Crippen LogP contribution >= 0.6 is 0 Å². The van der Waals surface area contributed by atoms with Crippen molar-refractivity contribution in [2.45, 2.75) is 18.4 Å². The molecule has 1 aromatic heterocycles. The fourth-order valence-electron chi connectivity index (χ4n) is 4.32. The molecule has 172 valence electrons. The highest BCUT2D eigenvalue weighted by Gasteiger charge is 2.30. The summed E-state index contributed by atoms with van der Waals surface area (Å²) >= 11 is 0. The smallest absolute Gasteiger partial charge is 0.407 e. The maximum Gasteiger partial charge on any atom is 0.407 e. The third-order valence-corrected chi connectivity index (χ3v) is 5.95. The molecule has 0 saturated heterocycles. The number of rotatable bonds is 7. The number of methoxy groups -OCH3 is 1. The van der Waals surface area contributed by atoms with Crippen LogP contribution in [0.4, 0.5) is 4.79 Å². The number of amides is 1. The molecule has 34 heavy (non-hydrogen) atoms. The van der Waals surface area contributed by atoms with Crippen molar-refractivity contribution in [2.75, 3.05) is 13.7 Å². The molecule has 0 saturated carbocycles. The fraction of sp³-hybridized carbons (Fsp3) is 0.192. The van der Waals surface area contributed by atoms with E-state index >= 15 is 0 Å². The van der Waals surface area contributed by atoms with Crippen molar-refractivity contribution in [1.29, 1.82) is 0 Å². The van der Waals surface area contributed by atoms with Crippen molar-refractivity contribution in [3.05, 3.63) is 83.7 Å². The van der Waals surface area contributed by atoms with Crippen molar-refractivity contribution >= 4 is 23.2 Å². The van der Waals surface area contributed by atoms with Crippen LogP contribution in [-0.2, 0) is 16.0 Å². The predicted octanol–water partition coefficient (Wildman–Crippen LogP) is 4.37. The first-order valence-corrected chi connectivity index (χ1v) is 10.8. The Morgan fingerprint density at radius 1 is 1.06 bits per heavy atom. The molecular formula is C26H22N2O6. The van der Waals surface area contributed by atoms with Gasteiger partial charge in [-0.05, 0) is 34.4 Å². The second kappa shape index (κ2) is 8.90. The van der Waals surface area contributed by atoms with E-state index in [1.165, 1.54) is 7.11 Å². The summed E-state index contributed by atoms with van der Waals surface area (Å²) in [6.07, 6.45) is -0.941. The van der Waals surface area contributed by atoms with Gasteiger partial charge in [-0.3, -0.25) is 0 Å². The number of carbonyl (C=O) groups excluding carboxylic acids is 1. The largest absolute Gasteiger partial charge is 0.497 e. The first-order chi connectivity index (χ1) is 16.5. The van der Waals surface area contributed by atoms with Gasteiger partial charge >= 0.3 is 12.1 Å². The second-order valence-electron chi connectivity index (χ2n) is 8.01. The van der Waals surface area contributed by atoms with E-state index in [1.54, 1.807) is 18.2 Å². The van der Waals surface area contributed by atoms with E-state index < -0.39 is 18.1 Å². The highest BCUT2D eigenvalue weighted by atomic mass is 16.5. The normalized spacial score (nSPS) is 13.2. The Morgan fingerprint density at radius 2 is 1.74 bits per heavy atom. The average Bonchev–Trinajstić information content (AvgIpc) is 3.40. The Kier molecular flexibility index (Phi) is 5.63. The minimum Gasteiger partial charge on any atom is -0.497 e. The molecular weight excluding hydrogens is 436 g/mol. The predicted molar refractivity (Wildman–Crippen MR) is 124 cm³/mol. The number of benzene rings is 3. The summed E-state index contributed by atoms with van der Waals surface area (Å²) in [4.78, 5) is 28.6. The molecule has 0 bridgehead atoms. The fourth-order valence-corrected chi connectivity index (χ4v) is 4.32. The number of carboxylic acid groups (broad SMARTS) is 1. The quantitative estimate of drug-likeness (QED) is 0.423. The van der Waals surface area contributed by atoms with E-state index in [0.717, 1.165) is 22.3 Å². The number of carboxylic acids is 1. The van der Waals surface area contributed by atoms with Gasteiger partial charge in [-0.1, -0.05) is 48.5 Å². The van der Waals surface area contributed by atoms with Crippen LogP contribution < -0.4 is 10.1 Å². The maximum absolute atomic E-state index is 12.5. The molecule has 0 spiro atoms. The summed E-state index contributed by atoms with van der Waals surface area (Å²) < 4.78 is 16.3. The molecule has 2 N–H and O–H groups in total. The van der Waals surface area contributed by atoms with Gasteiger partial charge in [0.15, 0.2) is 11.5 Å². The zero-order valence-corrected chi connectivity index (χ0v) is 18.4. The highest BCUT2D eigenvalue weighted by Crippen LogP contribution is 2.44. The Balaban J connectivity index is 1.26. The number of carbonyl (C=O) groups is 2. The van der Waals surface area contributed by atoms with Gasteiger partial charge in [-0.2, -0.15) is 0 Å². The summed E-state index contributed by atoms with van der Waals surface area (Å²) in [6.45, 7) is 0.0921. The lowest BCUT2D eigenvalue weighted by atomic mass is 9.98. The van der Waals surface area contributed by atoms with Crippen LogP contribution in [0.3, 0.4) is 0 Å². The Bertz CT molecular complexity index is 1330. The minimum atomic E-state index is -1.26. The van der Waals surface area contributed by atoms with Crippen LogP contribution in [0.1, 0.15) is 22.9 Å². The first-order valence-electron chi connectivity index (χ1n) is 10.8. The number of fused-ring (bicyclic) bond motifs is 4. The van der Waals surface area contributed by atoms with Crippen LogP contribution in [0, 0.1) is 0 Å². The van der Waals surface area contributed by atoms with E-state index in [1.807, 2.05) is 48.5 Å². The van der Waals surface area contributed by atoms with E-state index in [0.29, 0.717) is 16.8 Å². The van der Waals surface area contributed by atoms with Gasteiger partial charge < -0.3 is 24.3 Å². The number of nitrogens with zero attached hydrogens (tertiary/aromatic N) is 1. The second-order valence-corrected chi connectivity index (χ2v) is 8.01. The SMILES string of the molecule is COc1ccc2nc(C[C@H](NC(=O)OCC3c4ccccc4-c4ccccc43)C(=O)O)oc2c1. The lowest BCUT2D eigenvalue weighted by Gasteiger charge is -2.16. The zero-order chi connectivity index (χ0) is 23.7. The van der Waals surface area contributed by atoms with E-state index in [4.69, 9.17) is 13.9 Å². The van der Waals surface area contributed by atoms with Gasteiger partial charge in [-0.25, -0.2) is 14.6 Å². The summed E-state index contributed by atoms with van der Waals surface area (Å²) in [5.41, 5.74) is 5.42. The molecule has 0 fully saturated rings. The van der Waals surface area contributed by atoms with E-state index in [-0.39, 0.29) is 24.8 Å². The van der Waals surface area contributed by atoms with Crippen LogP contribution in [-0.4, -0.2) is 41.9 Å². The van der Waals surface area contributed by atoms with Gasteiger partial charge in [0.2, 0.25) is 0 Å². The summed E-state index contributed by atoms with van der Waals surface area (Å²) in [7, 11) is 1.54.